The average Bonchev–Trinajstić information content (AvgIpc) is 2.49. The van der Waals surface area contributed by atoms with E-state index in [4.69, 9.17) is 11.6 Å². The van der Waals surface area contributed by atoms with E-state index in [0.717, 1.165) is 4.31 Å². The van der Waals surface area contributed by atoms with Crippen LogP contribution in [0.3, 0.4) is 0 Å². The predicted molar refractivity (Wildman–Crippen MR) is 81.6 cm³/mol. The number of rotatable bonds is 3. The average molecular weight is 349 g/mol. The number of halogens is 2. The van der Waals surface area contributed by atoms with Crippen molar-refractivity contribution in [2.24, 2.45) is 5.92 Å². The minimum atomic E-state index is -4.00. The first-order valence-corrected chi connectivity index (χ1v) is 8.72. The van der Waals surface area contributed by atoms with Gasteiger partial charge in [0.25, 0.3) is 0 Å². The summed E-state index contributed by atoms with van der Waals surface area (Å²) in [5.74, 6) is -1.47. The summed E-state index contributed by atoms with van der Waals surface area (Å²) in [7, 11) is -0.741. The number of carbonyl (C=O) groups is 1. The number of amides is 1. The second-order valence-corrected chi connectivity index (χ2v) is 7.80. The number of nitrogens with zero attached hydrogens (tertiary/aromatic N) is 2. The van der Waals surface area contributed by atoms with Gasteiger partial charge in [0.1, 0.15) is 4.90 Å². The second kappa shape index (κ2) is 6.52. The van der Waals surface area contributed by atoms with E-state index in [1.807, 2.05) is 0 Å². The van der Waals surface area contributed by atoms with Crippen molar-refractivity contribution in [3.8, 4) is 0 Å². The number of hydrogen-bond donors (Lipinski definition) is 0. The lowest BCUT2D eigenvalue weighted by molar-refractivity contribution is -0.134. The van der Waals surface area contributed by atoms with Gasteiger partial charge in [-0.2, -0.15) is 4.31 Å². The van der Waals surface area contributed by atoms with E-state index in [2.05, 4.69) is 0 Å². The van der Waals surface area contributed by atoms with E-state index >= 15 is 0 Å². The fourth-order valence-electron chi connectivity index (χ4n) is 2.55. The molecule has 0 saturated carbocycles. The van der Waals surface area contributed by atoms with Gasteiger partial charge >= 0.3 is 0 Å². The van der Waals surface area contributed by atoms with Crippen molar-refractivity contribution >= 4 is 27.5 Å². The highest BCUT2D eigenvalue weighted by Crippen LogP contribution is 2.28. The molecule has 1 aromatic rings. The molecule has 8 heteroatoms. The Balaban J connectivity index is 2.30. The molecule has 1 aromatic carbocycles. The Bertz CT molecular complexity index is 679. The normalized spacial score (nSPS) is 19.9. The number of sulfonamides is 1. The molecule has 0 bridgehead atoms. The molecule has 22 heavy (non-hydrogen) atoms. The van der Waals surface area contributed by atoms with Gasteiger partial charge in [-0.3, -0.25) is 4.79 Å². The minimum Gasteiger partial charge on any atom is -0.349 e. The molecule has 0 spiro atoms. The zero-order valence-corrected chi connectivity index (χ0v) is 14.0. The van der Waals surface area contributed by atoms with Gasteiger partial charge in [-0.25, -0.2) is 12.8 Å². The summed E-state index contributed by atoms with van der Waals surface area (Å²) >= 11 is 5.66. The summed E-state index contributed by atoms with van der Waals surface area (Å²) in [6.07, 6.45) is 1.19. The third-order valence-corrected chi connectivity index (χ3v) is 5.88. The van der Waals surface area contributed by atoms with E-state index in [-0.39, 0.29) is 24.0 Å². The molecule has 1 amide bonds. The van der Waals surface area contributed by atoms with Gasteiger partial charge in [0.05, 0.1) is 10.9 Å². The van der Waals surface area contributed by atoms with Crippen LogP contribution in [-0.4, -0.2) is 50.7 Å². The lowest BCUT2D eigenvalue weighted by atomic mass is 9.98. The zero-order valence-electron chi connectivity index (χ0n) is 12.4. The van der Waals surface area contributed by atoms with E-state index in [0.29, 0.717) is 12.8 Å². The van der Waals surface area contributed by atoms with Crippen LogP contribution in [0.2, 0.25) is 5.02 Å². The third kappa shape index (κ3) is 3.26. The lowest BCUT2D eigenvalue weighted by Gasteiger charge is -2.32. The van der Waals surface area contributed by atoms with E-state index < -0.39 is 26.7 Å². The van der Waals surface area contributed by atoms with Gasteiger partial charge in [-0.1, -0.05) is 17.7 Å². The van der Waals surface area contributed by atoms with Gasteiger partial charge in [0.15, 0.2) is 5.82 Å². The van der Waals surface area contributed by atoms with Crippen molar-refractivity contribution < 1.29 is 17.6 Å². The van der Waals surface area contributed by atoms with Crippen LogP contribution in [0.1, 0.15) is 12.8 Å². The maximum Gasteiger partial charge on any atom is 0.246 e. The Morgan fingerprint density at radius 3 is 2.73 bits per heavy atom. The summed E-state index contributed by atoms with van der Waals surface area (Å²) in [5.41, 5.74) is 0. The Morgan fingerprint density at radius 1 is 1.41 bits per heavy atom. The molecule has 1 saturated heterocycles. The predicted octanol–water partition coefficient (Wildman–Crippen LogP) is 1.97. The van der Waals surface area contributed by atoms with Crippen molar-refractivity contribution in [1.29, 1.82) is 0 Å². The van der Waals surface area contributed by atoms with Crippen LogP contribution in [0.4, 0.5) is 4.39 Å². The Morgan fingerprint density at radius 2 is 2.09 bits per heavy atom. The molecule has 0 aromatic heterocycles. The zero-order chi connectivity index (χ0) is 16.5. The summed E-state index contributed by atoms with van der Waals surface area (Å²) in [6.45, 7) is 0.330. The molecule has 1 atom stereocenters. The van der Waals surface area contributed by atoms with E-state index in [1.165, 1.54) is 23.1 Å². The summed E-state index contributed by atoms with van der Waals surface area (Å²) in [5, 5.41) is -0.237. The van der Waals surface area contributed by atoms with Crippen molar-refractivity contribution in [3.63, 3.8) is 0 Å². The minimum absolute atomic E-state index is 0.0608. The Hall–Kier alpha value is -1.18. The summed E-state index contributed by atoms with van der Waals surface area (Å²) in [4.78, 5) is 13.0. The van der Waals surface area contributed by atoms with Crippen LogP contribution in [0.5, 0.6) is 0 Å². The number of hydrogen-bond acceptors (Lipinski definition) is 3. The first-order valence-electron chi connectivity index (χ1n) is 6.90. The topological polar surface area (TPSA) is 57.7 Å². The highest BCUT2D eigenvalue weighted by atomic mass is 35.5. The fraction of sp³-hybridized carbons (Fsp3) is 0.500. The molecule has 5 nitrogen and oxygen atoms in total. The molecule has 0 aliphatic carbocycles. The Kier molecular flexibility index (Phi) is 5.09. The molecular weight excluding hydrogens is 331 g/mol. The van der Waals surface area contributed by atoms with E-state index in [1.54, 1.807) is 14.1 Å². The van der Waals surface area contributed by atoms with Gasteiger partial charge in [-0.15, -0.1) is 0 Å². The SMILES string of the molecule is CN(C)C(=O)C1CCCN(S(=O)(=O)c2cccc(Cl)c2F)C1. The van der Waals surface area contributed by atoms with Crippen LogP contribution in [-0.2, 0) is 14.8 Å². The molecule has 2 rings (SSSR count). The third-order valence-electron chi connectivity index (χ3n) is 3.71. The molecule has 0 N–H and O–H groups in total. The molecule has 122 valence electrons. The monoisotopic (exact) mass is 348 g/mol. The summed E-state index contributed by atoms with van der Waals surface area (Å²) < 4.78 is 40.4. The van der Waals surface area contributed by atoms with E-state index in [9.17, 15) is 17.6 Å². The standard InChI is InChI=1S/C14H18ClFN2O3S/c1-17(2)14(19)10-5-4-8-18(9-10)22(20,21)12-7-3-6-11(15)13(12)16/h3,6-7,10H,4-5,8-9H2,1-2H3. The number of piperidine rings is 1. The number of benzene rings is 1. The van der Waals surface area contributed by atoms with Gasteiger partial charge in [0, 0.05) is 27.2 Å². The van der Waals surface area contributed by atoms with Gasteiger partial charge in [0.2, 0.25) is 15.9 Å². The van der Waals surface area contributed by atoms with Crippen LogP contribution in [0.25, 0.3) is 0 Å². The Labute approximate surface area is 134 Å². The molecule has 1 fully saturated rings. The lowest BCUT2D eigenvalue weighted by Crippen LogP contribution is -2.45. The molecular formula is C14H18ClFN2O3S. The molecule has 1 unspecified atom stereocenters. The van der Waals surface area contributed by atoms with Crippen LogP contribution < -0.4 is 0 Å². The largest absolute Gasteiger partial charge is 0.349 e. The quantitative estimate of drug-likeness (QED) is 0.839. The number of carbonyl (C=O) groups excluding carboxylic acids is 1. The van der Waals surface area contributed by atoms with Gasteiger partial charge < -0.3 is 4.90 Å². The van der Waals surface area contributed by atoms with Crippen LogP contribution in [0, 0.1) is 11.7 Å². The molecule has 0 radical (unpaired) electrons. The van der Waals surface area contributed by atoms with Crippen LogP contribution >= 0.6 is 11.6 Å². The molecule has 1 aliphatic rings. The maximum absolute atomic E-state index is 14.0. The maximum atomic E-state index is 14.0. The molecule has 1 heterocycles. The second-order valence-electron chi connectivity index (χ2n) is 5.49. The molecule has 1 aliphatic heterocycles. The smallest absolute Gasteiger partial charge is 0.246 e. The van der Waals surface area contributed by atoms with Crippen molar-refractivity contribution in [2.45, 2.75) is 17.7 Å². The fourth-order valence-corrected chi connectivity index (χ4v) is 4.39. The van der Waals surface area contributed by atoms with Crippen LogP contribution in [0.15, 0.2) is 23.1 Å². The highest BCUT2D eigenvalue weighted by molar-refractivity contribution is 7.89. The first-order chi connectivity index (χ1) is 10.2. The van der Waals surface area contributed by atoms with Gasteiger partial charge in [-0.05, 0) is 25.0 Å². The van der Waals surface area contributed by atoms with Crippen molar-refractivity contribution in [2.75, 3.05) is 27.2 Å². The summed E-state index contributed by atoms with van der Waals surface area (Å²) in [6, 6.07) is 3.88. The first kappa shape index (κ1) is 17.2. The highest BCUT2D eigenvalue weighted by Gasteiger charge is 2.35. The van der Waals surface area contributed by atoms with Crippen molar-refractivity contribution in [3.05, 3.63) is 29.0 Å². The van der Waals surface area contributed by atoms with Crippen molar-refractivity contribution in [1.82, 2.24) is 9.21 Å².